The number of anilines is 3. The number of benzene rings is 3. The average Bonchev–Trinajstić information content (AvgIpc) is 2.89. The second kappa shape index (κ2) is 11.1. The summed E-state index contributed by atoms with van der Waals surface area (Å²) >= 11 is 0. The number of esters is 1. The van der Waals surface area contributed by atoms with Crippen LogP contribution in [0.25, 0.3) is 6.08 Å². The fourth-order valence-corrected chi connectivity index (χ4v) is 3.85. The first-order valence-corrected chi connectivity index (χ1v) is 11.5. The first kappa shape index (κ1) is 24.4. The van der Waals surface area contributed by atoms with E-state index in [1.54, 1.807) is 61.5 Å². The van der Waals surface area contributed by atoms with Gasteiger partial charge in [-0.15, -0.1) is 0 Å². The van der Waals surface area contributed by atoms with Crippen LogP contribution in [-0.4, -0.2) is 36.3 Å². The Kier molecular flexibility index (Phi) is 7.55. The minimum Gasteiger partial charge on any atom is -0.462 e. The van der Waals surface area contributed by atoms with E-state index < -0.39 is 29.7 Å². The molecule has 1 aliphatic heterocycles. The monoisotopic (exact) mass is 483 g/mol. The number of para-hydroxylation sites is 2. The number of amides is 3. The molecule has 0 saturated carbocycles. The highest BCUT2D eigenvalue weighted by Crippen LogP contribution is 2.33. The van der Waals surface area contributed by atoms with Crippen LogP contribution in [0.5, 0.6) is 0 Å². The van der Waals surface area contributed by atoms with Crippen LogP contribution in [-0.2, 0) is 19.1 Å². The molecule has 0 aromatic heterocycles. The van der Waals surface area contributed by atoms with E-state index in [9.17, 15) is 19.2 Å². The van der Waals surface area contributed by atoms with E-state index in [1.165, 1.54) is 11.0 Å². The van der Waals surface area contributed by atoms with Crippen LogP contribution in [0.1, 0.15) is 29.3 Å². The van der Waals surface area contributed by atoms with Crippen molar-refractivity contribution in [2.75, 3.05) is 22.1 Å². The number of carbonyl (C=O) groups excluding carboxylic acids is 4. The number of carbonyl (C=O) groups is 4. The highest BCUT2D eigenvalue weighted by atomic mass is 16.5. The molecule has 1 unspecified atom stereocenters. The summed E-state index contributed by atoms with van der Waals surface area (Å²) in [5.41, 5.74) is 2.65. The smallest absolute Gasteiger partial charge is 0.338 e. The SMILES string of the molecule is CCOC(=O)c1ccc(NC(=O)CC2C(=O)Nc3ccccc3N2C(=O)C=Cc2ccccc2)cc1. The summed E-state index contributed by atoms with van der Waals surface area (Å²) in [6.07, 6.45) is 2.80. The van der Waals surface area contributed by atoms with Crippen LogP contribution in [0.2, 0.25) is 0 Å². The quantitative estimate of drug-likeness (QED) is 0.386. The van der Waals surface area contributed by atoms with E-state index in [-0.39, 0.29) is 13.0 Å². The van der Waals surface area contributed by atoms with E-state index >= 15 is 0 Å². The number of nitrogens with zero attached hydrogens (tertiary/aromatic N) is 1. The van der Waals surface area contributed by atoms with E-state index in [0.717, 1.165) is 5.56 Å². The number of fused-ring (bicyclic) bond motifs is 1. The number of hydrogen-bond acceptors (Lipinski definition) is 5. The van der Waals surface area contributed by atoms with Crippen LogP contribution < -0.4 is 15.5 Å². The topological polar surface area (TPSA) is 105 Å². The van der Waals surface area contributed by atoms with E-state index in [0.29, 0.717) is 22.6 Å². The molecule has 0 radical (unpaired) electrons. The van der Waals surface area contributed by atoms with E-state index in [4.69, 9.17) is 4.74 Å². The van der Waals surface area contributed by atoms with Crippen molar-refractivity contribution in [2.24, 2.45) is 0 Å². The predicted octanol–water partition coefficient (Wildman–Crippen LogP) is 4.26. The van der Waals surface area contributed by atoms with Gasteiger partial charge in [0.25, 0.3) is 5.91 Å². The zero-order chi connectivity index (χ0) is 25.5. The molecule has 1 aliphatic rings. The van der Waals surface area contributed by atoms with Gasteiger partial charge >= 0.3 is 5.97 Å². The summed E-state index contributed by atoms with van der Waals surface area (Å²) in [7, 11) is 0. The summed E-state index contributed by atoms with van der Waals surface area (Å²) in [5, 5.41) is 5.50. The molecule has 8 heteroatoms. The third kappa shape index (κ3) is 5.67. The summed E-state index contributed by atoms with van der Waals surface area (Å²) in [4.78, 5) is 52.3. The van der Waals surface area contributed by atoms with Crippen LogP contribution in [0.4, 0.5) is 17.1 Å². The zero-order valence-corrected chi connectivity index (χ0v) is 19.6. The molecule has 2 N–H and O–H groups in total. The lowest BCUT2D eigenvalue weighted by Crippen LogP contribution is -2.52. The van der Waals surface area contributed by atoms with E-state index in [1.807, 2.05) is 30.3 Å². The Hall–Kier alpha value is -4.72. The van der Waals surface area contributed by atoms with Crippen LogP contribution >= 0.6 is 0 Å². The van der Waals surface area contributed by atoms with Gasteiger partial charge in [-0.3, -0.25) is 19.3 Å². The Morgan fingerprint density at radius 2 is 1.67 bits per heavy atom. The van der Waals surface area contributed by atoms with Crippen molar-refractivity contribution in [3.63, 3.8) is 0 Å². The molecule has 0 saturated heterocycles. The largest absolute Gasteiger partial charge is 0.462 e. The summed E-state index contributed by atoms with van der Waals surface area (Å²) in [5.74, 6) is -1.78. The maximum atomic E-state index is 13.3. The summed E-state index contributed by atoms with van der Waals surface area (Å²) < 4.78 is 4.96. The molecule has 3 aromatic carbocycles. The van der Waals surface area contributed by atoms with Gasteiger partial charge in [0.05, 0.1) is 30.0 Å². The third-order valence-corrected chi connectivity index (χ3v) is 5.55. The molecule has 0 spiro atoms. The molecular weight excluding hydrogens is 458 g/mol. The highest BCUT2D eigenvalue weighted by molar-refractivity contribution is 6.16. The van der Waals surface area contributed by atoms with Gasteiger partial charge in [-0.2, -0.15) is 0 Å². The van der Waals surface area contributed by atoms with Crippen molar-refractivity contribution in [1.82, 2.24) is 0 Å². The first-order valence-electron chi connectivity index (χ1n) is 11.5. The molecule has 0 bridgehead atoms. The molecule has 3 amide bonds. The Morgan fingerprint density at radius 1 is 0.972 bits per heavy atom. The van der Waals surface area contributed by atoms with Gasteiger partial charge in [0.1, 0.15) is 6.04 Å². The average molecular weight is 484 g/mol. The standard InChI is InChI=1S/C28H25N3O5/c1-2-36-28(35)20-13-15-21(16-14-20)29-25(32)18-24-27(34)30-22-10-6-7-11-23(22)31(24)26(33)17-12-19-8-4-3-5-9-19/h3-17,24H,2,18H2,1H3,(H,29,32)(H,30,34). The van der Waals surface area contributed by atoms with Gasteiger partial charge in [-0.1, -0.05) is 42.5 Å². The molecule has 8 nitrogen and oxygen atoms in total. The molecule has 0 aliphatic carbocycles. The molecule has 36 heavy (non-hydrogen) atoms. The maximum absolute atomic E-state index is 13.3. The molecule has 182 valence electrons. The van der Waals surface area contributed by atoms with Crippen molar-refractivity contribution in [2.45, 2.75) is 19.4 Å². The summed E-state index contributed by atoms with van der Waals surface area (Å²) in [6.45, 7) is 1.98. The molecular formula is C28H25N3O5. The minimum atomic E-state index is -1.05. The van der Waals surface area contributed by atoms with Crippen molar-refractivity contribution < 1.29 is 23.9 Å². The Balaban J connectivity index is 1.53. The van der Waals surface area contributed by atoms with Gasteiger partial charge < -0.3 is 15.4 Å². The molecule has 3 aromatic rings. The van der Waals surface area contributed by atoms with Crippen molar-refractivity contribution in [3.05, 3.63) is 96.1 Å². The lowest BCUT2D eigenvalue weighted by Gasteiger charge is -2.35. The zero-order valence-electron chi connectivity index (χ0n) is 19.6. The number of hydrogen-bond donors (Lipinski definition) is 2. The lowest BCUT2D eigenvalue weighted by atomic mass is 10.0. The first-order chi connectivity index (χ1) is 17.5. The fraction of sp³-hybridized carbons (Fsp3) is 0.143. The van der Waals surface area contributed by atoms with Crippen molar-refractivity contribution in [3.8, 4) is 0 Å². The Labute approximate surface area is 208 Å². The van der Waals surface area contributed by atoms with E-state index in [2.05, 4.69) is 10.6 Å². The molecule has 1 atom stereocenters. The molecule has 0 fully saturated rings. The van der Waals surface area contributed by atoms with Gasteiger partial charge in [0.15, 0.2) is 0 Å². The minimum absolute atomic E-state index is 0.259. The molecule has 1 heterocycles. The predicted molar refractivity (Wildman–Crippen MR) is 137 cm³/mol. The lowest BCUT2D eigenvalue weighted by molar-refractivity contribution is -0.124. The van der Waals surface area contributed by atoms with Crippen LogP contribution in [0.15, 0.2) is 84.9 Å². The summed E-state index contributed by atoms with van der Waals surface area (Å²) in [6, 6.07) is 21.5. The van der Waals surface area contributed by atoms with Crippen molar-refractivity contribution >= 4 is 46.8 Å². The number of nitrogens with one attached hydrogen (secondary N) is 2. The molecule has 4 rings (SSSR count). The Morgan fingerprint density at radius 3 is 2.39 bits per heavy atom. The Bertz CT molecular complexity index is 1300. The van der Waals surface area contributed by atoms with Gasteiger partial charge in [0, 0.05) is 11.8 Å². The highest BCUT2D eigenvalue weighted by Gasteiger charge is 2.37. The number of ether oxygens (including phenoxy) is 1. The fourth-order valence-electron chi connectivity index (χ4n) is 3.85. The second-order valence-corrected chi connectivity index (χ2v) is 8.02. The number of rotatable bonds is 7. The maximum Gasteiger partial charge on any atom is 0.338 e. The normalized spacial score (nSPS) is 14.6. The van der Waals surface area contributed by atoms with Gasteiger partial charge in [0.2, 0.25) is 11.8 Å². The van der Waals surface area contributed by atoms with Crippen LogP contribution in [0.3, 0.4) is 0 Å². The van der Waals surface area contributed by atoms with Crippen molar-refractivity contribution in [1.29, 1.82) is 0 Å². The second-order valence-electron chi connectivity index (χ2n) is 8.02. The van der Waals surface area contributed by atoms with Gasteiger partial charge in [-0.05, 0) is 55.0 Å². The third-order valence-electron chi connectivity index (χ3n) is 5.55. The van der Waals surface area contributed by atoms with Crippen LogP contribution in [0, 0.1) is 0 Å². The van der Waals surface area contributed by atoms with Gasteiger partial charge in [-0.25, -0.2) is 4.79 Å².